The predicted molar refractivity (Wildman–Crippen MR) is 105 cm³/mol. The van der Waals surface area contributed by atoms with Gasteiger partial charge < -0.3 is 15.0 Å². The van der Waals surface area contributed by atoms with Crippen LogP contribution in [0.15, 0.2) is 42.7 Å². The Balaban J connectivity index is 1.31. The molecule has 30 heavy (non-hydrogen) atoms. The first kappa shape index (κ1) is 20.4. The highest BCUT2D eigenvalue weighted by atomic mass is 32.1. The summed E-state index contributed by atoms with van der Waals surface area (Å²) in [7, 11) is 0. The van der Waals surface area contributed by atoms with Crippen LogP contribution < -0.4 is 10.1 Å². The number of H-pyrrole nitrogens is 1. The molecule has 3 aromatic heterocycles. The van der Waals surface area contributed by atoms with Crippen LogP contribution in [0, 0.1) is 5.92 Å². The highest BCUT2D eigenvalue weighted by molar-refractivity contribution is 7.13. The van der Waals surface area contributed by atoms with E-state index < -0.39 is 12.8 Å². The number of hydrogen-bond donors (Lipinski definition) is 2. The van der Waals surface area contributed by atoms with Crippen LogP contribution in [0.3, 0.4) is 0 Å². The predicted octanol–water partition coefficient (Wildman–Crippen LogP) is 4.46. The van der Waals surface area contributed by atoms with E-state index in [4.69, 9.17) is 4.74 Å². The summed E-state index contributed by atoms with van der Waals surface area (Å²) in [5, 5.41) is 3.09. The normalized spacial score (nSPS) is 19.3. The van der Waals surface area contributed by atoms with Crippen LogP contribution in [0.25, 0.3) is 11.4 Å². The molecule has 4 rings (SSSR count). The Labute approximate surface area is 174 Å². The molecule has 0 bridgehead atoms. The lowest BCUT2D eigenvalue weighted by molar-refractivity contribution is -0.152. The maximum Gasteiger partial charge on any atom is 0.422 e. The van der Waals surface area contributed by atoms with Gasteiger partial charge in [-0.15, -0.1) is 11.3 Å². The molecule has 1 fully saturated rings. The van der Waals surface area contributed by atoms with Gasteiger partial charge >= 0.3 is 6.18 Å². The minimum Gasteiger partial charge on any atom is -0.475 e. The number of pyridine rings is 1. The monoisotopic (exact) mass is 436 g/mol. The molecular formula is C20H19F3N4O2S. The number of aromatic nitrogens is 3. The first-order valence-electron chi connectivity index (χ1n) is 9.36. The summed E-state index contributed by atoms with van der Waals surface area (Å²) >= 11 is 1.09. The van der Waals surface area contributed by atoms with Gasteiger partial charge in [-0.2, -0.15) is 13.2 Å². The maximum atomic E-state index is 12.6. The third-order valence-electron chi connectivity index (χ3n) is 4.78. The van der Waals surface area contributed by atoms with Crippen LogP contribution in [-0.2, 0) is 4.79 Å². The zero-order chi connectivity index (χ0) is 21.3. The van der Waals surface area contributed by atoms with Crippen molar-refractivity contribution in [2.75, 3.05) is 6.61 Å². The van der Waals surface area contributed by atoms with Crippen LogP contribution >= 0.6 is 11.3 Å². The van der Waals surface area contributed by atoms with Gasteiger partial charge in [0.1, 0.15) is 5.82 Å². The van der Waals surface area contributed by atoms with Crippen LogP contribution in [0.1, 0.15) is 36.0 Å². The number of ether oxygens (including phenoxy) is 1. The fraction of sp³-hybridized carbons (Fsp3) is 0.350. The average molecular weight is 436 g/mol. The van der Waals surface area contributed by atoms with Gasteiger partial charge in [-0.1, -0.05) is 6.07 Å². The maximum absolute atomic E-state index is 12.6. The number of nitrogens with one attached hydrogen (secondary N) is 2. The van der Waals surface area contributed by atoms with Crippen LogP contribution in [0.2, 0.25) is 0 Å². The largest absolute Gasteiger partial charge is 0.475 e. The number of amides is 1. The number of aromatic amines is 1. The lowest BCUT2D eigenvalue weighted by Gasteiger charge is -2.12. The summed E-state index contributed by atoms with van der Waals surface area (Å²) in [4.78, 5) is 25.2. The summed E-state index contributed by atoms with van der Waals surface area (Å²) in [6, 6.07) is 8.43. The molecule has 1 amide bonds. The van der Waals surface area contributed by atoms with Gasteiger partial charge in [0.25, 0.3) is 0 Å². The molecule has 2 N–H and O–H groups in total. The molecule has 6 nitrogen and oxygen atoms in total. The highest BCUT2D eigenvalue weighted by Crippen LogP contribution is 2.47. The number of carbonyl (C=O) groups excluding carboxylic acids is 1. The van der Waals surface area contributed by atoms with E-state index >= 15 is 0 Å². The fourth-order valence-electron chi connectivity index (χ4n) is 3.15. The molecular weight excluding hydrogens is 417 g/mol. The number of rotatable bonds is 7. The van der Waals surface area contributed by atoms with Crippen LogP contribution in [-0.4, -0.2) is 33.6 Å². The zero-order valence-corrected chi connectivity index (χ0v) is 16.8. The van der Waals surface area contributed by atoms with Crippen LogP contribution in [0.4, 0.5) is 13.2 Å². The Hall–Kier alpha value is -2.88. The number of hydrogen-bond acceptors (Lipinski definition) is 5. The molecule has 0 spiro atoms. The minimum absolute atomic E-state index is 0.0173. The topological polar surface area (TPSA) is 79.9 Å². The lowest BCUT2D eigenvalue weighted by atomic mass is 10.2. The second-order valence-electron chi connectivity index (χ2n) is 7.14. The smallest absolute Gasteiger partial charge is 0.422 e. The van der Waals surface area contributed by atoms with E-state index in [0.717, 1.165) is 33.4 Å². The van der Waals surface area contributed by atoms with Crippen molar-refractivity contribution in [3.63, 3.8) is 0 Å². The number of carbonyl (C=O) groups is 1. The molecule has 158 valence electrons. The zero-order valence-electron chi connectivity index (χ0n) is 15.9. The van der Waals surface area contributed by atoms with Gasteiger partial charge in [0.15, 0.2) is 11.7 Å². The first-order chi connectivity index (χ1) is 14.3. The number of alkyl halides is 3. The highest BCUT2D eigenvalue weighted by Gasteiger charge is 2.46. The molecule has 1 unspecified atom stereocenters. The Morgan fingerprint density at radius 2 is 2.17 bits per heavy atom. The molecule has 1 saturated carbocycles. The van der Waals surface area contributed by atoms with Crippen molar-refractivity contribution in [3.05, 3.63) is 53.4 Å². The van der Waals surface area contributed by atoms with Gasteiger partial charge in [-0.3, -0.25) is 9.78 Å². The number of halogens is 3. The van der Waals surface area contributed by atoms with Gasteiger partial charge in [0, 0.05) is 22.9 Å². The Morgan fingerprint density at radius 1 is 1.33 bits per heavy atom. The molecule has 0 radical (unpaired) electrons. The molecule has 1 aliphatic rings. The Bertz CT molecular complexity index is 1020. The van der Waals surface area contributed by atoms with E-state index in [2.05, 4.69) is 20.3 Å². The molecule has 3 heterocycles. The van der Waals surface area contributed by atoms with Crippen molar-refractivity contribution in [1.29, 1.82) is 0 Å². The standard InChI is InChI=1S/C20H19F3N4O2S/c1-11(16-5-6-17(30-16)29-10-20(21,22)23)26-19(28)13-8-12(13)18-25-9-15(27-18)14-4-2-3-7-24-14/h2-7,9,11-13H,8,10H2,1H3,(H,25,27)(H,26,28)/t11?,12-,13-/m0/s1. The number of thiophene rings is 1. The van der Waals surface area contributed by atoms with Crippen molar-refractivity contribution in [2.24, 2.45) is 5.92 Å². The Morgan fingerprint density at radius 3 is 2.90 bits per heavy atom. The molecule has 0 aliphatic heterocycles. The van der Waals surface area contributed by atoms with E-state index in [0.29, 0.717) is 6.42 Å². The van der Waals surface area contributed by atoms with Gasteiger partial charge in [-0.05, 0) is 37.6 Å². The quantitative estimate of drug-likeness (QED) is 0.573. The van der Waals surface area contributed by atoms with E-state index in [1.165, 1.54) is 6.07 Å². The van der Waals surface area contributed by atoms with E-state index in [-0.39, 0.29) is 28.8 Å². The molecule has 1 aliphatic carbocycles. The second-order valence-corrected chi connectivity index (χ2v) is 8.21. The first-order valence-corrected chi connectivity index (χ1v) is 10.2. The summed E-state index contributed by atoms with van der Waals surface area (Å²) in [5.41, 5.74) is 1.59. The molecule has 10 heteroatoms. The fourth-order valence-corrected chi connectivity index (χ4v) is 4.01. The van der Waals surface area contributed by atoms with Crippen LogP contribution in [0.5, 0.6) is 5.06 Å². The van der Waals surface area contributed by atoms with E-state index in [9.17, 15) is 18.0 Å². The van der Waals surface area contributed by atoms with Crippen molar-refractivity contribution in [3.8, 4) is 16.5 Å². The summed E-state index contributed by atoms with van der Waals surface area (Å²) < 4.78 is 41.5. The van der Waals surface area contributed by atoms with Gasteiger partial charge in [0.05, 0.1) is 23.6 Å². The van der Waals surface area contributed by atoms with Crippen molar-refractivity contribution < 1.29 is 22.7 Å². The minimum atomic E-state index is -4.38. The molecule has 3 aromatic rings. The van der Waals surface area contributed by atoms with Gasteiger partial charge in [-0.25, -0.2) is 4.98 Å². The second kappa shape index (κ2) is 8.10. The molecule has 0 aromatic carbocycles. The van der Waals surface area contributed by atoms with E-state index in [1.807, 2.05) is 18.2 Å². The van der Waals surface area contributed by atoms with Crippen molar-refractivity contribution in [1.82, 2.24) is 20.3 Å². The molecule has 0 saturated heterocycles. The number of imidazole rings is 1. The van der Waals surface area contributed by atoms with Crippen molar-refractivity contribution in [2.45, 2.75) is 31.5 Å². The lowest BCUT2D eigenvalue weighted by Crippen LogP contribution is -2.28. The summed E-state index contributed by atoms with van der Waals surface area (Å²) in [6.07, 6.45) is -0.276. The molecule has 3 atom stereocenters. The van der Waals surface area contributed by atoms with Gasteiger partial charge in [0.2, 0.25) is 5.91 Å². The summed E-state index contributed by atoms with van der Waals surface area (Å²) in [6.45, 7) is 0.460. The summed E-state index contributed by atoms with van der Waals surface area (Å²) in [5.74, 6) is 0.483. The van der Waals surface area contributed by atoms with Crippen molar-refractivity contribution >= 4 is 17.2 Å². The van der Waals surface area contributed by atoms with E-state index in [1.54, 1.807) is 25.4 Å². The average Bonchev–Trinajstić information content (AvgIpc) is 3.14. The SMILES string of the molecule is CC(NC(=O)[C@H]1C[C@@H]1c1ncc(-c2ccccn2)[nH]1)c1ccc(OCC(F)(F)F)s1. The third kappa shape index (κ3) is 4.81. The number of nitrogens with zero attached hydrogens (tertiary/aromatic N) is 2. The third-order valence-corrected chi connectivity index (χ3v) is 5.96. The Kier molecular flexibility index (Phi) is 5.50.